The van der Waals surface area contributed by atoms with Gasteiger partial charge in [0.15, 0.2) is 0 Å². The van der Waals surface area contributed by atoms with Crippen LogP contribution in [0.4, 0.5) is 0 Å². The van der Waals surface area contributed by atoms with Crippen molar-refractivity contribution >= 4 is 5.97 Å². The lowest BCUT2D eigenvalue weighted by atomic mass is 9.96. The number of aliphatic carboxylic acids is 1. The van der Waals surface area contributed by atoms with Crippen molar-refractivity contribution in [3.63, 3.8) is 0 Å². The summed E-state index contributed by atoms with van der Waals surface area (Å²) in [5.41, 5.74) is -0.990. The van der Waals surface area contributed by atoms with E-state index >= 15 is 0 Å². The van der Waals surface area contributed by atoms with Gasteiger partial charge in [-0.2, -0.15) is 0 Å². The zero-order chi connectivity index (χ0) is 15.4. The third kappa shape index (κ3) is 12.4. The third-order valence-corrected chi connectivity index (χ3v) is 3.68. The molecular weight excluding hydrogens is 256 g/mol. The van der Waals surface area contributed by atoms with Crippen LogP contribution in [0.2, 0.25) is 0 Å². The average Bonchev–Trinajstić information content (AvgIpc) is 2.34. The molecule has 4 heteroatoms. The number of hydrogen-bond donors (Lipinski definition) is 3. The lowest BCUT2D eigenvalue weighted by molar-refractivity contribution is -0.137. The molecule has 0 bridgehead atoms. The fraction of sp³-hybridized carbons (Fsp3) is 0.938. The number of carbonyl (C=O) groups is 1. The van der Waals surface area contributed by atoms with E-state index in [1.807, 2.05) is 0 Å². The Balaban J connectivity index is 3.19. The van der Waals surface area contributed by atoms with Gasteiger partial charge in [0.05, 0.1) is 11.7 Å². The predicted molar refractivity (Wildman–Crippen MR) is 80.7 cm³/mol. The molecule has 3 N–H and O–H groups in total. The maximum atomic E-state index is 10.3. The minimum absolute atomic E-state index is 0.295. The number of aliphatic hydroxyl groups excluding tert-OH is 1. The zero-order valence-corrected chi connectivity index (χ0v) is 13.1. The fourth-order valence-corrected chi connectivity index (χ4v) is 2.20. The highest BCUT2D eigenvalue weighted by Crippen LogP contribution is 2.16. The molecule has 0 aliphatic carbocycles. The van der Waals surface area contributed by atoms with Crippen LogP contribution in [0, 0.1) is 0 Å². The van der Waals surface area contributed by atoms with E-state index in [0.29, 0.717) is 12.8 Å². The van der Waals surface area contributed by atoms with E-state index in [2.05, 4.69) is 0 Å². The van der Waals surface area contributed by atoms with E-state index in [1.165, 1.54) is 25.7 Å². The molecule has 0 fully saturated rings. The summed E-state index contributed by atoms with van der Waals surface area (Å²) < 4.78 is 0. The van der Waals surface area contributed by atoms with Gasteiger partial charge in [-0.05, 0) is 26.7 Å². The highest BCUT2D eigenvalue weighted by Gasteiger charge is 2.23. The minimum atomic E-state index is -0.990. The predicted octanol–water partition coefficient (Wildman–Crippen LogP) is 3.49. The molecular formula is C16H32O4. The van der Waals surface area contributed by atoms with E-state index < -0.39 is 17.7 Å². The van der Waals surface area contributed by atoms with Crippen molar-refractivity contribution in [1.82, 2.24) is 0 Å². The molecule has 0 amide bonds. The number of carboxylic acids is 1. The quantitative estimate of drug-likeness (QED) is 0.453. The van der Waals surface area contributed by atoms with Crippen molar-refractivity contribution < 1.29 is 20.1 Å². The molecule has 120 valence electrons. The van der Waals surface area contributed by atoms with Crippen LogP contribution in [0.25, 0.3) is 0 Å². The average molecular weight is 288 g/mol. The summed E-state index contributed by atoms with van der Waals surface area (Å²) in [7, 11) is 0. The van der Waals surface area contributed by atoms with Gasteiger partial charge in [-0.1, -0.05) is 51.4 Å². The second-order valence-electron chi connectivity index (χ2n) is 6.28. The monoisotopic (exact) mass is 288 g/mol. The molecule has 0 saturated carbocycles. The Morgan fingerprint density at radius 2 is 1.30 bits per heavy atom. The summed E-state index contributed by atoms with van der Waals surface area (Å²) >= 11 is 0. The SMILES string of the molecule is CC(C)(O)C(O)CCCCCCCCCCCC(=O)O. The van der Waals surface area contributed by atoms with Crippen molar-refractivity contribution in [3.8, 4) is 0 Å². The largest absolute Gasteiger partial charge is 0.481 e. The zero-order valence-electron chi connectivity index (χ0n) is 13.1. The van der Waals surface area contributed by atoms with Gasteiger partial charge in [-0.15, -0.1) is 0 Å². The van der Waals surface area contributed by atoms with Crippen molar-refractivity contribution in [2.75, 3.05) is 0 Å². The van der Waals surface area contributed by atoms with Gasteiger partial charge in [0.2, 0.25) is 0 Å². The summed E-state index contributed by atoms with van der Waals surface area (Å²) in [5.74, 6) is -0.696. The molecule has 0 aliphatic heterocycles. The van der Waals surface area contributed by atoms with Crippen molar-refractivity contribution in [2.45, 2.75) is 96.2 Å². The molecule has 0 heterocycles. The van der Waals surface area contributed by atoms with Crippen LogP contribution in [-0.2, 0) is 4.79 Å². The molecule has 0 radical (unpaired) electrons. The Labute approximate surface area is 123 Å². The normalized spacial score (nSPS) is 13.4. The van der Waals surface area contributed by atoms with Crippen molar-refractivity contribution in [1.29, 1.82) is 0 Å². The molecule has 0 aliphatic rings. The van der Waals surface area contributed by atoms with Crippen LogP contribution in [0.3, 0.4) is 0 Å². The van der Waals surface area contributed by atoms with Gasteiger partial charge in [-0.25, -0.2) is 0 Å². The smallest absolute Gasteiger partial charge is 0.303 e. The van der Waals surface area contributed by atoms with Crippen LogP contribution in [0.1, 0.15) is 84.5 Å². The standard InChI is InChI=1S/C16H32O4/c1-16(2,20)14(17)12-10-8-6-4-3-5-7-9-11-13-15(18)19/h14,17,20H,3-13H2,1-2H3,(H,18,19). The van der Waals surface area contributed by atoms with Crippen LogP contribution in [0.5, 0.6) is 0 Å². The van der Waals surface area contributed by atoms with Crippen LogP contribution in [-0.4, -0.2) is 33.0 Å². The van der Waals surface area contributed by atoms with Crippen LogP contribution >= 0.6 is 0 Å². The lowest BCUT2D eigenvalue weighted by Crippen LogP contribution is -2.35. The Morgan fingerprint density at radius 3 is 1.70 bits per heavy atom. The number of carboxylic acid groups (broad SMARTS) is 1. The fourth-order valence-electron chi connectivity index (χ4n) is 2.20. The Morgan fingerprint density at radius 1 is 0.900 bits per heavy atom. The molecule has 1 atom stereocenters. The minimum Gasteiger partial charge on any atom is -0.481 e. The number of rotatable bonds is 13. The Bertz CT molecular complexity index is 245. The van der Waals surface area contributed by atoms with Gasteiger partial charge < -0.3 is 15.3 Å². The first-order chi connectivity index (χ1) is 9.34. The topological polar surface area (TPSA) is 77.8 Å². The highest BCUT2D eigenvalue weighted by molar-refractivity contribution is 5.66. The van der Waals surface area contributed by atoms with E-state index in [-0.39, 0.29) is 0 Å². The number of unbranched alkanes of at least 4 members (excludes halogenated alkanes) is 8. The summed E-state index contributed by atoms with van der Waals surface area (Å²) in [6.45, 7) is 3.28. The van der Waals surface area contributed by atoms with Crippen LogP contribution < -0.4 is 0 Å². The molecule has 0 spiro atoms. The third-order valence-electron chi connectivity index (χ3n) is 3.68. The molecule has 1 unspecified atom stereocenters. The first kappa shape index (κ1) is 19.4. The summed E-state index contributed by atoms with van der Waals surface area (Å²) in [4.78, 5) is 10.3. The first-order valence-electron chi connectivity index (χ1n) is 7.96. The maximum Gasteiger partial charge on any atom is 0.303 e. The van der Waals surface area contributed by atoms with E-state index in [0.717, 1.165) is 32.1 Å². The van der Waals surface area contributed by atoms with Gasteiger partial charge in [0.25, 0.3) is 0 Å². The van der Waals surface area contributed by atoms with E-state index in [4.69, 9.17) is 5.11 Å². The second kappa shape index (κ2) is 11.1. The second-order valence-corrected chi connectivity index (χ2v) is 6.28. The van der Waals surface area contributed by atoms with Crippen molar-refractivity contribution in [2.24, 2.45) is 0 Å². The maximum absolute atomic E-state index is 10.3. The molecule has 0 aromatic heterocycles. The van der Waals surface area contributed by atoms with E-state index in [9.17, 15) is 15.0 Å². The molecule has 0 aromatic rings. The van der Waals surface area contributed by atoms with Gasteiger partial charge in [0, 0.05) is 6.42 Å². The van der Waals surface area contributed by atoms with Crippen LogP contribution in [0.15, 0.2) is 0 Å². The molecule has 0 rings (SSSR count). The Kier molecular flexibility index (Phi) is 10.8. The summed E-state index contributed by atoms with van der Waals surface area (Å²) in [6.07, 6.45) is 10.1. The summed E-state index contributed by atoms with van der Waals surface area (Å²) in [6, 6.07) is 0. The Hall–Kier alpha value is -0.610. The molecule has 0 aromatic carbocycles. The summed E-state index contributed by atoms with van der Waals surface area (Å²) in [5, 5.41) is 27.7. The van der Waals surface area contributed by atoms with Crippen molar-refractivity contribution in [3.05, 3.63) is 0 Å². The van der Waals surface area contributed by atoms with E-state index in [1.54, 1.807) is 13.8 Å². The van der Waals surface area contributed by atoms with Gasteiger partial charge in [-0.3, -0.25) is 4.79 Å². The van der Waals surface area contributed by atoms with Gasteiger partial charge in [0.1, 0.15) is 0 Å². The molecule has 0 saturated heterocycles. The lowest BCUT2D eigenvalue weighted by Gasteiger charge is -2.24. The molecule has 4 nitrogen and oxygen atoms in total. The number of hydrogen-bond acceptors (Lipinski definition) is 3. The number of aliphatic hydroxyl groups is 2. The highest BCUT2D eigenvalue weighted by atomic mass is 16.4. The van der Waals surface area contributed by atoms with Gasteiger partial charge >= 0.3 is 5.97 Å². The first-order valence-corrected chi connectivity index (χ1v) is 7.96. The molecule has 20 heavy (non-hydrogen) atoms.